The lowest BCUT2D eigenvalue weighted by Gasteiger charge is -2.13. The number of ketones is 1. The molecule has 2 rings (SSSR count). The summed E-state index contributed by atoms with van der Waals surface area (Å²) in [5, 5.41) is 2.65. The van der Waals surface area contributed by atoms with Crippen LogP contribution in [0.25, 0.3) is 0 Å². The van der Waals surface area contributed by atoms with Gasteiger partial charge in [-0.2, -0.15) is 0 Å². The summed E-state index contributed by atoms with van der Waals surface area (Å²) in [6.45, 7) is 2.99. The van der Waals surface area contributed by atoms with Gasteiger partial charge in [-0.3, -0.25) is 14.4 Å². The number of nitrogens with one attached hydrogen (secondary N) is 1. The van der Waals surface area contributed by atoms with Gasteiger partial charge in [0, 0.05) is 16.1 Å². The van der Waals surface area contributed by atoms with Gasteiger partial charge in [0.05, 0.1) is 5.75 Å². The number of rotatable bonds is 7. The number of carbonyl (C=O) groups excluding carboxylic acids is 3. The lowest BCUT2D eigenvalue weighted by atomic mass is 10.1. The maximum absolute atomic E-state index is 12.1. The van der Waals surface area contributed by atoms with E-state index in [2.05, 4.69) is 5.32 Å². The van der Waals surface area contributed by atoms with E-state index in [1.807, 2.05) is 30.3 Å². The fourth-order valence-corrected chi connectivity index (χ4v) is 2.68. The molecule has 0 aliphatic heterocycles. The summed E-state index contributed by atoms with van der Waals surface area (Å²) >= 11 is 1.35. The minimum Gasteiger partial charge on any atom is -0.452 e. The van der Waals surface area contributed by atoms with Crippen molar-refractivity contribution in [2.45, 2.75) is 24.8 Å². The van der Waals surface area contributed by atoms with Crippen LogP contribution in [0.3, 0.4) is 0 Å². The van der Waals surface area contributed by atoms with Crippen LogP contribution >= 0.6 is 11.8 Å². The summed E-state index contributed by atoms with van der Waals surface area (Å²) in [6.07, 6.45) is -0.906. The van der Waals surface area contributed by atoms with Gasteiger partial charge in [0.25, 0.3) is 5.91 Å². The number of hydrogen-bond acceptors (Lipinski definition) is 5. The molecule has 6 heteroatoms. The van der Waals surface area contributed by atoms with Gasteiger partial charge in [-0.25, -0.2) is 0 Å². The van der Waals surface area contributed by atoms with Gasteiger partial charge >= 0.3 is 5.97 Å². The third-order valence-electron chi connectivity index (χ3n) is 3.34. The summed E-state index contributed by atoms with van der Waals surface area (Å²) < 4.78 is 5.14. The molecule has 25 heavy (non-hydrogen) atoms. The molecule has 0 saturated heterocycles. The van der Waals surface area contributed by atoms with Crippen LogP contribution in [0, 0.1) is 0 Å². The number of ether oxygens (including phenoxy) is 1. The van der Waals surface area contributed by atoms with E-state index in [0.29, 0.717) is 11.3 Å². The van der Waals surface area contributed by atoms with Crippen molar-refractivity contribution in [1.82, 2.24) is 0 Å². The monoisotopic (exact) mass is 357 g/mol. The summed E-state index contributed by atoms with van der Waals surface area (Å²) in [7, 11) is 0. The van der Waals surface area contributed by atoms with Crippen LogP contribution in [0.2, 0.25) is 0 Å². The molecule has 2 aromatic carbocycles. The second-order valence-corrected chi connectivity index (χ2v) is 6.41. The van der Waals surface area contributed by atoms with E-state index in [1.165, 1.54) is 25.6 Å². The molecule has 0 radical (unpaired) electrons. The maximum Gasteiger partial charge on any atom is 0.317 e. The van der Waals surface area contributed by atoms with Gasteiger partial charge in [-0.05, 0) is 50.2 Å². The SMILES string of the molecule is CC(=O)c1ccc(NC(=O)C(C)OC(=O)CSc2ccccc2)cc1. The van der Waals surface area contributed by atoms with E-state index in [-0.39, 0.29) is 11.5 Å². The molecule has 2 aromatic rings. The number of carbonyl (C=O) groups is 3. The average molecular weight is 357 g/mol. The third-order valence-corrected chi connectivity index (χ3v) is 4.32. The number of hydrogen-bond donors (Lipinski definition) is 1. The maximum atomic E-state index is 12.1. The first-order valence-corrected chi connectivity index (χ1v) is 8.73. The topological polar surface area (TPSA) is 72.5 Å². The van der Waals surface area contributed by atoms with E-state index >= 15 is 0 Å². The van der Waals surface area contributed by atoms with Crippen molar-refractivity contribution in [3.05, 3.63) is 60.2 Å². The molecule has 1 unspecified atom stereocenters. The van der Waals surface area contributed by atoms with E-state index in [0.717, 1.165) is 4.90 Å². The molecule has 0 spiro atoms. The average Bonchev–Trinajstić information content (AvgIpc) is 2.61. The molecule has 1 amide bonds. The molecule has 1 atom stereocenters. The molecule has 0 aliphatic carbocycles. The third kappa shape index (κ3) is 6.08. The molecular weight excluding hydrogens is 338 g/mol. The van der Waals surface area contributed by atoms with Crippen LogP contribution in [0.15, 0.2) is 59.5 Å². The molecule has 1 N–H and O–H groups in total. The lowest BCUT2D eigenvalue weighted by molar-refractivity contribution is -0.150. The fraction of sp³-hybridized carbons (Fsp3) is 0.211. The molecule has 0 aromatic heterocycles. The first-order chi connectivity index (χ1) is 12.0. The second kappa shape index (κ2) is 9.03. The number of thioether (sulfide) groups is 1. The van der Waals surface area contributed by atoms with Gasteiger partial charge in [0.2, 0.25) is 0 Å². The molecule has 5 nitrogen and oxygen atoms in total. The van der Waals surface area contributed by atoms with Crippen molar-refractivity contribution >= 4 is 35.1 Å². The van der Waals surface area contributed by atoms with Gasteiger partial charge < -0.3 is 10.1 Å². The smallest absolute Gasteiger partial charge is 0.317 e. The summed E-state index contributed by atoms with van der Waals surface area (Å²) in [6, 6.07) is 16.0. The molecule has 130 valence electrons. The van der Waals surface area contributed by atoms with E-state index in [1.54, 1.807) is 24.3 Å². The van der Waals surface area contributed by atoms with Crippen LogP contribution in [-0.2, 0) is 14.3 Å². The number of amides is 1. The standard InChI is InChI=1S/C19H19NO4S/c1-13(21)15-8-10-16(11-9-15)20-19(23)14(2)24-18(22)12-25-17-6-4-3-5-7-17/h3-11,14H,12H2,1-2H3,(H,20,23). The summed E-state index contributed by atoms with van der Waals surface area (Å²) in [5.74, 6) is -0.789. The molecule has 0 aliphatic rings. The number of benzene rings is 2. The first kappa shape index (κ1) is 18.7. The predicted molar refractivity (Wildman–Crippen MR) is 97.8 cm³/mol. The minimum atomic E-state index is -0.906. The predicted octanol–water partition coefficient (Wildman–Crippen LogP) is 3.55. The summed E-state index contributed by atoms with van der Waals surface area (Å²) in [4.78, 5) is 36.1. The highest BCUT2D eigenvalue weighted by atomic mass is 32.2. The largest absolute Gasteiger partial charge is 0.452 e. The van der Waals surface area contributed by atoms with E-state index in [9.17, 15) is 14.4 Å². The van der Waals surface area contributed by atoms with Crippen molar-refractivity contribution in [2.75, 3.05) is 11.1 Å². The molecule has 0 heterocycles. The number of anilines is 1. The zero-order chi connectivity index (χ0) is 18.2. The second-order valence-electron chi connectivity index (χ2n) is 5.36. The van der Waals surface area contributed by atoms with Crippen LogP contribution in [0.1, 0.15) is 24.2 Å². The Bertz CT molecular complexity index is 744. The van der Waals surface area contributed by atoms with Crippen molar-refractivity contribution in [1.29, 1.82) is 0 Å². The Morgan fingerprint density at radius 3 is 2.28 bits per heavy atom. The summed E-state index contributed by atoms with van der Waals surface area (Å²) in [5.41, 5.74) is 1.10. The molecule has 0 saturated carbocycles. The Kier molecular flexibility index (Phi) is 6.77. The lowest BCUT2D eigenvalue weighted by Crippen LogP contribution is -2.30. The van der Waals surface area contributed by atoms with Gasteiger partial charge in [0.1, 0.15) is 0 Å². The van der Waals surface area contributed by atoms with Crippen molar-refractivity contribution < 1.29 is 19.1 Å². The van der Waals surface area contributed by atoms with Crippen molar-refractivity contribution in [3.63, 3.8) is 0 Å². The van der Waals surface area contributed by atoms with Crippen molar-refractivity contribution in [2.24, 2.45) is 0 Å². The molecule has 0 fully saturated rings. The van der Waals surface area contributed by atoms with Crippen LogP contribution in [0.4, 0.5) is 5.69 Å². The quantitative estimate of drug-likeness (QED) is 0.466. The van der Waals surface area contributed by atoms with Gasteiger partial charge in [-0.15, -0.1) is 11.8 Å². The normalized spacial score (nSPS) is 11.4. The van der Waals surface area contributed by atoms with Gasteiger partial charge in [0.15, 0.2) is 11.9 Å². The van der Waals surface area contributed by atoms with Crippen LogP contribution in [0.5, 0.6) is 0 Å². The Morgan fingerprint density at radius 2 is 1.68 bits per heavy atom. The minimum absolute atomic E-state index is 0.0453. The first-order valence-electron chi connectivity index (χ1n) is 7.75. The zero-order valence-electron chi connectivity index (χ0n) is 14.0. The number of Topliss-reactive ketones (excluding diaryl/α,β-unsaturated/α-hetero) is 1. The molecular formula is C19H19NO4S. The van der Waals surface area contributed by atoms with Crippen LogP contribution in [-0.4, -0.2) is 29.5 Å². The highest BCUT2D eigenvalue weighted by Crippen LogP contribution is 2.17. The van der Waals surface area contributed by atoms with E-state index < -0.39 is 18.0 Å². The number of esters is 1. The highest BCUT2D eigenvalue weighted by Gasteiger charge is 2.18. The van der Waals surface area contributed by atoms with Crippen LogP contribution < -0.4 is 5.32 Å². The van der Waals surface area contributed by atoms with E-state index in [4.69, 9.17) is 4.74 Å². The van der Waals surface area contributed by atoms with Crippen molar-refractivity contribution in [3.8, 4) is 0 Å². The molecule has 0 bridgehead atoms. The Hall–Kier alpha value is -2.60. The Balaban J connectivity index is 1.81. The zero-order valence-corrected chi connectivity index (χ0v) is 14.8. The Labute approximate surface area is 150 Å². The fourth-order valence-electron chi connectivity index (χ4n) is 1.98. The highest BCUT2D eigenvalue weighted by molar-refractivity contribution is 8.00. The Morgan fingerprint density at radius 1 is 1.04 bits per heavy atom. The van der Waals surface area contributed by atoms with Gasteiger partial charge in [-0.1, -0.05) is 18.2 Å².